The molecule has 0 radical (unpaired) electrons. The van der Waals surface area contributed by atoms with Crippen LogP contribution in [0.15, 0.2) is 424 Å². The molecule has 0 amide bonds. The minimum absolute atomic E-state index is 0.0249. The van der Waals surface area contributed by atoms with Crippen LogP contribution in [0.2, 0.25) is 0 Å². The van der Waals surface area contributed by atoms with Gasteiger partial charge in [0.05, 0.1) is 68.9 Å². The van der Waals surface area contributed by atoms with Crippen LogP contribution in [0, 0.1) is 0 Å². The average Bonchev–Trinajstić information content (AvgIpc) is 1.54. The predicted octanol–water partition coefficient (Wildman–Crippen LogP) is 33.0. The van der Waals surface area contributed by atoms with E-state index in [2.05, 4.69) is 348 Å². The van der Waals surface area contributed by atoms with Crippen molar-refractivity contribution in [1.29, 1.82) is 0 Å². The second kappa shape index (κ2) is 28.0. The molecule has 0 N–H and O–H groups in total. The molecule has 10 heteroatoms. The Hall–Kier alpha value is -18.5. The molecule has 0 fully saturated rings. The first kappa shape index (κ1) is 65.1. The third-order valence-corrected chi connectivity index (χ3v) is 29.1. The van der Waals surface area contributed by atoms with Gasteiger partial charge in [-0.25, -0.2) is 24.9 Å². The van der Waals surface area contributed by atoms with E-state index in [1.807, 2.05) is 30.3 Å². The average molecular weight is 1750 g/mol. The van der Waals surface area contributed by atoms with E-state index in [-0.39, 0.29) is 28.7 Å². The van der Waals surface area contributed by atoms with E-state index in [0.29, 0.717) is 5.52 Å². The lowest BCUT2D eigenvalue weighted by atomic mass is 9.86. The maximum atomic E-state index is 8.75. The van der Waals surface area contributed by atoms with Crippen LogP contribution in [0.4, 0.5) is 0 Å². The number of aromatic nitrogens is 10. The van der Waals surface area contributed by atoms with Crippen LogP contribution in [0.3, 0.4) is 0 Å². The molecule has 137 heavy (non-hydrogen) atoms. The first-order valence-corrected chi connectivity index (χ1v) is 46.0. The molecule has 6 aromatic heterocycles. The number of fused-ring (bicyclic) bond motifs is 21. The standard InChI is InChI=1S/C46H25N3.C42H23N3.C39H22N4/c1-2-12-26(13-3-1)43-46(48-45-36-19-9-7-17-30(36)29-16-6-8-18-35(29)44(45)47-43)49-37-23-11-22-33-32-21-10-20-31-27-14-4-5-15-28(27)34-24-25-38(49)42(40(33)37)41(34)39(31)32;1-2-11-25(12-3-1)40-42(43-33-22-20-24-10-4-5-13-26(24)41(33)44-40)45-34-19-9-18-31-30-17-8-16-29-27-14-6-7-15-28(27)32-21-23-35(45)39(37(31)34)38(32)36(29)30;1-3-11-23(12-4-1)37-40-38(24-13-5-2-6-14-24)42-39(41-37)43-31-20-10-19-29-28-18-9-17-27-25-15-7-8-16-26(25)30-21-22-32(43)36(34(29)31)35(30)33(27)28/h1-25H;1-23H;1-22H/i;;1D,2D,3D,4D,5D,6D,11D,12D,13D,14D. The summed E-state index contributed by atoms with van der Waals surface area (Å²) in [6.45, 7) is 0. The third kappa shape index (κ3) is 10.2. The predicted molar refractivity (Wildman–Crippen MR) is 573 cm³/mol. The lowest BCUT2D eigenvalue weighted by Crippen LogP contribution is -2.06. The minimum atomic E-state index is -0.597. The first-order chi connectivity index (χ1) is 72.2. The van der Waals surface area contributed by atoms with Gasteiger partial charge in [-0.1, -0.05) is 382 Å². The Labute approximate surface area is 793 Å². The van der Waals surface area contributed by atoms with Gasteiger partial charge in [0.25, 0.3) is 0 Å². The molecule has 33 aromatic rings. The maximum absolute atomic E-state index is 8.75. The zero-order chi connectivity index (χ0) is 97.8. The van der Waals surface area contributed by atoms with Crippen LogP contribution < -0.4 is 0 Å². The molecule has 628 valence electrons. The summed E-state index contributed by atoms with van der Waals surface area (Å²) >= 11 is 0. The van der Waals surface area contributed by atoms with E-state index < -0.39 is 60.4 Å². The molecular weight excluding hydrogens is 1670 g/mol. The van der Waals surface area contributed by atoms with Crippen molar-refractivity contribution in [3.8, 4) is 62.9 Å². The van der Waals surface area contributed by atoms with E-state index in [9.17, 15) is 0 Å². The van der Waals surface area contributed by atoms with Crippen molar-refractivity contribution in [2.24, 2.45) is 0 Å². The van der Waals surface area contributed by atoms with Crippen LogP contribution in [0.5, 0.6) is 0 Å². The van der Waals surface area contributed by atoms with Gasteiger partial charge < -0.3 is 0 Å². The molecule has 0 bridgehead atoms. The number of rotatable bonds is 7. The van der Waals surface area contributed by atoms with Gasteiger partial charge in [-0.3, -0.25) is 13.7 Å². The van der Waals surface area contributed by atoms with Gasteiger partial charge in [-0.05, 0) is 172 Å². The monoisotopic (exact) mass is 1740 g/mol. The summed E-state index contributed by atoms with van der Waals surface area (Å²) in [7, 11) is 0. The SMILES string of the molecule is [2H]c1c([2H])c([2H])c(-c2nc(-c3c([2H])c([2H])c([2H])c([2H])c3[2H])nc(-n3c4cccc5c6cccc7c8ccccc8c8ccc3c(c8c76)c54)n2)c([2H])c1[2H].c1ccc(-c2nc3c(ccc4ccccc43)nc2-n2c3cccc4c5cccc6c7ccccc7c7ccc2c(c7c65)c43)cc1.c1ccc(-c2nc3c4ccccc4c4ccccc4c3nc2-n2c3cccc4c5cccc6c7ccccc7c7ccc2c(c7c65)c43)cc1. The second-order valence-corrected chi connectivity index (χ2v) is 35.8. The molecule has 0 aliphatic carbocycles. The normalized spacial score (nSPS) is 13.4. The van der Waals surface area contributed by atoms with E-state index in [1.165, 1.54) is 124 Å². The number of nitrogens with zero attached hydrogens (tertiary/aromatic N) is 10. The Balaban J connectivity index is 0.000000100. The van der Waals surface area contributed by atoms with Crippen molar-refractivity contribution in [2.45, 2.75) is 0 Å². The van der Waals surface area contributed by atoms with Crippen molar-refractivity contribution in [1.82, 2.24) is 48.6 Å². The van der Waals surface area contributed by atoms with Crippen molar-refractivity contribution in [3.05, 3.63) is 424 Å². The van der Waals surface area contributed by atoms with Gasteiger partial charge in [0, 0.05) is 86.9 Å². The number of benzene rings is 27. The van der Waals surface area contributed by atoms with Crippen LogP contribution in [0.25, 0.3) is 312 Å². The molecule has 10 nitrogen and oxygen atoms in total. The number of hydrogen-bond donors (Lipinski definition) is 0. The fourth-order valence-electron chi connectivity index (χ4n) is 23.7. The molecule has 6 heterocycles. The zero-order valence-electron chi connectivity index (χ0n) is 82.6. The highest BCUT2D eigenvalue weighted by Gasteiger charge is 2.32. The van der Waals surface area contributed by atoms with Crippen molar-refractivity contribution in [3.63, 3.8) is 0 Å². The van der Waals surface area contributed by atoms with Crippen LogP contribution in [-0.4, -0.2) is 48.6 Å². The summed E-state index contributed by atoms with van der Waals surface area (Å²) in [5.74, 6) is 1.05. The van der Waals surface area contributed by atoms with Gasteiger partial charge >= 0.3 is 0 Å². The fourth-order valence-corrected chi connectivity index (χ4v) is 23.7. The quantitative estimate of drug-likeness (QED) is 0.116. The van der Waals surface area contributed by atoms with Gasteiger partial charge in [0.15, 0.2) is 23.3 Å². The summed E-state index contributed by atoms with van der Waals surface area (Å²) in [4.78, 5) is 36.2. The molecule has 0 unspecified atom stereocenters. The summed E-state index contributed by atoms with van der Waals surface area (Å²) in [6.07, 6.45) is 0. The molecule has 33 rings (SSSR count). The Kier molecular flexibility index (Phi) is 13.3. The molecule has 0 aliphatic rings. The molecular formula is C127H70N10. The summed E-state index contributed by atoms with van der Waals surface area (Å²) in [6, 6.07) is 124. The maximum Gasteiger partial charge on any atom is 0.238 e. The van der Waals surface area contributed by atoms with E-state index >= 15 is 0 Å². The molecule has 0 saturated heterocycles. The third-order valence-electron chi connectivity index (χ3n) is 29.1. The lowest BCUT2D eigenvalue weighted by Gasteiger charge is -2.17. The molecule has 0 spiro atoms. The molecule has 27 aromatic carbocycles. The topological polar surface area (TPSA) is 105 Å². The van der Waals surface area contributed by atoms with Crippen molar-refractivity contribution < 1.29 is 13.7 Å². The van der Waals surface area contributed by atoms with E-state index in [0.717, 1.165) is 154 Å². The summed E-state index contributed by atoms with van der Waals surface area (Å²) in [5.41, 5.74) is 12.9. The van der Waals surface area contributed by atoms with E-state index in [4.69, 9.17) is 43.6 Å². The van der Waals surface area contributed by atoms with Gasteiger partial charge in [-0.15, -0.1) is 0 Å². The van der Waals surface area contributed by atoms with Crippen LogP contribution in [0.1, 0.15) is 13.7 Å². The van der Waals surface area contributed by atoms with Crippen molar-refractivity contribution in [2.75, 3.05) is 0 Å². The highest BCUT2D eigenvalue weighted by atomic mass is 15.2. The fraction of sp³-hybridized carbons (Fsp3) is 0. The number of hydrogen-bond acceptors (Lipinski definition) is 7. The Morgan fingerprint density at radius 1 is 0.168 bits per heavy atom. The smallest absolute Gasteiger partial charge is 0.238 e. The van der Waals surface area contributed by atoms with Crippen molar-refractivity contribution >= 4 is 249 Å². The molecule has 0 atom stereocenters. The first-order valence-electron chi connectivity index (χ1n) is 51.0. The van der Waals surface area contributed by atoms with Crippen LogP contribution in [-0.2, 0) is 0 Å². The summed E-state index contributed by atoms with van der Waals surface area (Å²) < 4.78 is 91.3. The lowest BCUT2D eigenvalue weighted by molar-refractivity contribution is 0.954. The Morgan fingerprint density at radius 2 is 0.460 bits per heavy atom. The van der Waals surface area contributed by atoms with Gasteiger partial charge in [0.1, 0.15) is 11.4 Å². The zero-order valence-corrected chi connectivity index (χ0v) is 72.6. The second-order valence-electron chi connectivity index (χ2n) is 35.8. The largest absolute Gasteiger partial charge is 0.292 e. The minimum Gasteiger partial charge on any atom is -0.292 e. The molecule has 0 aliphatic heterocycles. The Morgan fingerprint density at radius 3 is 0.869 bits per heavy atom. The summed E-state index contributed by atoms with van der Waals surface area (Å²) in [5, 5.41) is 43.5. The van der Waals surface area contributed by atoms with Gasteiger partial charge in [0.2, 0.25) is 5.95 Å². The van der Waals surface area contributed by atoms with Gasteiger partial charge in [-0.2, -0.15) is 9.97 Å². The Bertz CT molecular complexity index is 11500. The highest BCUT2D eigenvalue weighted by molar-refractivity contribution is 6.48. The molecule has 0 saturated carbocycles. The van der Waals surface area contributed by atoms with Crippen LogP contribution >= 0.6 is 0 Å². The highest BCUT2D eigenvalue weighted by Crippen LogP contribution is 2.55. The van der Waals surface area contributed by atoms with E-state index in [1.54, 1.807) is 4.57 Å².